The van der Waals surface area contributed by atoms with Crippen LogP contribution in [0.2, 0.25) is 0 Å². The van der Waals surface area contributed by atoms with E-state index in [-0.39, 0.29) is 5.41 Å². The van der Waals surface area contributed by atoms with Crippen molar-refractivity contribution in [2.24, 2.45) is 0 Å². The van der Waals surface area contributed by atoms with Crippen LogP contribution in [-0.2, 0) is 5.41 Å². The summed E-state index contributed by atoms with van der Waals surface area (Å²) in [6, 6.07) is 6.28. The van der Waals surface area contributed by atoms with Crippen molar-refractivity contribution in [3.05, 3.63) is 29.3 Å². The van der Waals surface area contributed by atoms with E-state index in [1.807, 2.05) is 6.07 Å². The second-order valence-electron chi connectivity index (χ2n) is 4.20. The van der Waals surface area contributed by atoms with Gasteiger partial charge in [-0.3, -0.25) is 0 Å². The van der Waals surface area contributed by atoms with E-state index >= 15 is 0 Å². The third-order valence-electron chi connectivity index (χ3n) is 2.11. The number of hydrogen-bond donors (Lipinski definition) is 1. The quantitative estimate of drug-likeness (QED) is 0.580. The monoisotopic (exact) mass is 180 g/mol. The maximum absolute atomic E-state index is 4.40. The van der Waals surface area contributed by atoms with Crippen molar-refractivity contribution in [1.29, 1.82) is 0 Å². The van der Waals surface area contributed by atoms with E-state index in [0.717, 1.165) is 4.90 Å². The fraction of sp³-hybridized carbons (Fsp3) is 0.455. The molecule has 0 saturated heterocycles. The molecule has 0 unspecified atom stereocenters. The SMILES string of the molecule is Cc1c(S)cccc1C(C)(C)C. The highest BCUT2D eigenvalue weighted by Crippen LogP contribution is 2.28. The highest BCUT2D eigenvalue weighted by atomic mass is 32.1. The molecule has 0 saturated carbocycles. The second kappa shape index (κ2) is 3.14. The van der Waals surface area contributed by atoms with Crippen LogP contribution in [0.25, 0.3) is 0 Å². The van der Waals surface area contributed by atoms with E-state index in [1.165, 1.54) is 11.1 Å². The van der Waals surface area contributed by atoms with E-state index in [2.05, 4.69) is 52.5 Å². The van der Waals surface area contributed by atoms with E-state index in [9.17, 15) is 0 Å². The summed E-state index contributed by atoms with van der Waals surface area (Å²) in [4.78, 5) is 1.09. The molecule has 0 aliphatic rings. The summed E-state index contributed by atoms with van der Waals surface area (Å²) in [6.45, 7) is 8.80. The molecule has 0 nitrogen and oxygen atoms in total. The predicted octanol–water partition coefficient (Wildman–Crippen LogP) is 3.58. The lowest BCUT2D eigenvalue weighted by atomic mass is 9.84. The molecule has 1 rings (SSSR count). The lowest BCUT2D eigenvalue weighted by molar-refractivity contribution is 0.584. The van der Waals surface area contributed by atoms with Crippen molar-refractivity contribution in [2.75, 3.05) is 0 Å². The van der Waals surface area contributed by atoms with E-state index < -0.39 is 0 Å². The molecule has 0 N–H and O–H groups in total. The summed E-state index contributed by atoms with van der Waals surface area (Å²) in [5.41, 5.74) is 2.91. The summed E-state index contributed by atoms with van der Waals surface area (Å²) in [6.07, 6.45) is 0. The van der Waals surface area contributed by atoms with Gasteiger partial charge in [0.2, 0.25) is 0 Å². The fourth-order valence-corrected chi connectivity index (χ4v) is 1.64. The van der Waals surface area contributed by atoms with E-state index in [4.69, 9.17) is 0 Å². The van der Waals surface area contributed by atoms with E-state index in [0.29, 0.717) is 0 Å². The number of rotatable bonds is 0. The topological polar surface area (TPSA) is 0 Å². The Kier molecular flexibility index (Phi) is 2.52. The van der Waals surface area contributed by atoms with Gasteiger partial charge in [0, 0.05) is 4.90 Å². The number of hydrogen-bond acceptors (Lipinski definition) is 1. The van der Waals surface area contributed by atoms with Crippen LogP contribution in [0.5, 0.6) is 0 Å². The van der Waals surface area contributed by atoms with Crippen molar-refractivity contribution in [3.8, 4) is 0 Å². The summed E-state index contributed by atoms with van der Waals surface area (Å²) in [5.74, 6) is 0. The first kappa shape index (κ1) is 9.66. The molecule has 0 aliphatic heterocycles. The van der Waals surface area contributed by atoms with Crippen LogP contribution in [0.3, 0.4) is 0 Å². The van der Waals surface area contributed by atoms with Crippen molar-refractivity contribution >= 4 is 12.6 Å². The zero-order valence-electron chi connectivity index (χ0n) is 8.18. The molecule has 0 radical (unpaired) electrons. The van der Waals surface area contributed by atoms with Gasteiger partial charge in [0.25, 0.3) is 0 Å². The molecule has 1 aromatic carbocycles. The Morgan fingerprint density at radius 2 is 1.75 bits per heavy atom. The predicted molar refractivity (Wildman–Crippen MR) is 57.1 cm³/mol. The van der Waals surface area contributed by atoms with Crippen molar-refractivity contribution < 1.29 is 0 Å². The van der Waals surface area contributed by atoms with E-state index in [1.54, 1.807) is 0 Å². The summed E-state index contributed by atoms with van der Waals surface area (Å²) in [5, 5.41) is 0. The van der Waals surface area contributed by atoms with Crippen LogP contribution in [0.4, 0.5) is 0 Å². The van der Waals surface area contributed by atoms with Gasteiger partial charge in [-0.05, 0) is 29.5 Å². The Morgan fingerprint density at radius 3 is 2.17 bits per heavy atom. The van der Waals surface area contributed by atoms with Gasteiger partial charge in [-0.25, -0.2) is 0 Å². The Balaban J connectivity index is 3.26. The lowest BCUT2D eigenvalue weighted by Gasteiger charge is -2.22. The second-order valence-corrected chi connectivity index (χ2v) is 4.68. The smallest absolute Gasteiger partial charge is 0.00721 e. The molecule has 0 aliphatic carbocycles. The van der Waals surface area contributed by atoms with Crippen molar-refractivity contribution in [1.82, 2.24) is 0 Å². The molecule has 0 amide bonds. The largest absolute Gasteiger partial charge is 0.143 e. The van der Waals surface area contributed by atoms with Crippen LogP contribution in [-0.4, -0.2) is 0 Å². The molecule has 0 atom stereocenters. The zero-order chi connectivity index (χ0) is 9.35. The first-order valence-electron chi connectivity index (χ1n) is 4.22. The molecule has 0 bridgehead atoms. The van der Waals surface area contributed by atoms with Gasteiger partial charge in [0.15, 0.2) is 0 Å². The van der Waals surface area contributed by atoms with Gasteiger partial charge in [-0.15, -0.1) is 12.6 Å². The molecular formula is C11H16S. The Labute approximate surface area is 80.4 Å². The Hall–Kier alpha value is -0.430. The summed E-state index contributed by atoms with van der Waals surface area (Å²) in [7, 11) is 0. The number of thiol groups is 1. The molecule has 0 fully saturated rings. The standard InChI is InChI=1S/C11H16S/c1-8-9(11(2,3)4)6-5-7-10(8)12/h5-7,12H,1-4H3. The first-order valence-corrected chi connectivity index (χ1v) is 4.66. The normalized spacial score (nSPS) is 11.8. The number of benzene rings is 1. The van der Waals surface area contributed by atoms with Crippen LogP contribution in [0.1, 0.15) is 31.9 Å². The van der Waals surface area contributed by atoms with Gasteiger partial charge in [0.1, 0.15) is 0 Å². The third-order valence-corrected chi connectivity index (χ3v) is 2.60. The average molecular weight is 180 g/mol. The molecule has 0 spiro atoms. The Morgan fingerprint density at radius 1 is 1.17 bits per heavy atom. The van der Waals surface area contributed by atoms with Gasteiger partial charge in [0.05, 0.1) is 0 Å². The maximum Gasteiger partial charge on any atom is 0.00721 e. The van der Waals surface area contributed by atoms with Gasteiger partial charge >= 0.3 is 0 Å². The van der Waals surface area contributed by atoms with Crippen LogP contribution >= 0.6 is 12.6 Å². The molecule has 12 heavy (non-hydrogen) atoms. The minimum absolute atomic E-state index is 0.225. The fourth-order valence-electron chi connectivity index (χ4n) is 1.44. The molecule has 0 heterocycles. The average Bonchev–Trinajstić information content (AvgIpc) is 1.92. The van der Waals surface area contributed by atoms with Crippen LogP contribution in [0.15, 0.2) is 23.1 Å². The molecule has 1 aromatic rings. The van der Waals surface area contributed by atoms with Gasteiger partial charge in [-0.1, -0.05) is 32.9 Å². The molecule has 66 valence electrons. The first-order chi connectivity index (χ1) is 5.43. The highest BCUT2D eigenvalue weighted by Gasteiger charge is 2.16. The minimum atomic E-state index is 0.225. The third kappa shape index (κ3) is 1.84. The van der Waals surface area contributed by atoms with Gasteiger partial charge < -0.3 is 0 Å². The van der Waals surface area contributed by atoms with Crippen LogP contribution in [0, 0.1) is 6.92 Å². The zero-order valence-corrected chi connectivity index (χ0v) is 9.07. The molecule has 1 heteroatoms. The highest BCUT2D eigenvalue weighted by molar-refractivity contribution is 7.80. The van der Waals surface area contributed by atoms with Crippen molar-refractivity contribution in [2.45, 2.75) is 38.0 Å². The molecule has 0 aromatic heterocycles. The summed E-state index contributed by atoms with van der Waals surface area (Å²) < 4.78 is 0. The van der Waals surface area contributed by atoms with Crippen molar-refractivity contribution in [3.63, 3.8) is 0 Å². The van der Waals surface area contributed by atoms with Gasteiger partial charge in [-0.2, -0.15) is 0 Å². The van der Waals surface area contributed by atoms with Crippen LogP contribution < -0.4 is 0 Å². The minimum Gasteiger partial charge on any atom is -0.143 e. The summed E-state index contributed by atoms with van der Waals surface area (Å²) >= 11 is 4.40. The molecular weight excluding hydrogens is 164 g/mol. The maximum atomic E-state index is 4.40. The Bertz CT molecular complexity index is 282. The lowest BCUT2D eigenvalue weighted by Crippen LogP contribution is -2.12.